The van der Waals surface area contributed by atoms with E-state index in [1.165, 1.54) is 11.8 Å². The molecule has 0 aromatic heterocycles. The molecule has 2 N–H and O–H groups in total. The van der Waals surface area contributed by atoms with Gasteiger partial charge in [-0.05, 0) is 5.92 Å². The van der Waals surface area contributed by atoms with Crippen molar-refractivity contribution in [3.63, 3.8) is 0 Å². The maximum absolute atomic E-state index is 12.3. The lowest BCUT2D eigenvalue weighted by Crippen LogP contribution is -2.32. The van der Waals surface area contributed by atoms with E-state index in [-0.39, 0.29) is 17.5 Å². The highest BCUT2D eigenvalue weighted by molar-refractivity contribution is 7.99. The summed E-state index contributed by atoms with van der Waals surface area (Å²) in [6.07, 6.45) is -4.15. The van der Waals surface area contributed by atoms with Crippen LogP contribution in [0.1, 0.15) is 20.8 Å². The summed E-state index contributed by atoms with van der Waals surface area (Å²) in [7, 11) is 0. The van der Waals surface area contributed by atoms with Crippen molar-refractivity contribution in [3.05, 3.63) is 0 Å². The first-order chi connectivity index (χ1) is 6.29. The number of nitrogens with two attached hydrogens (primary N) is 1. The van der Waals surface area contributed by atoms with Gasteiger partial charge < -0.3 is 5.73 Å². The van der Waals surface area contributed by atoms with Crippen LogP contribution in [0.4, 0.5) is 13.2 Å². The van der Waals surface area contributed by atoms with Crippen molar-refractivity contribution in [2.24, 2.45) is 17.6 Å². The van der Waals surface area contributed by atoms with Gasteiger partial charge in [0.15, 0.2) is 0 Å². The maximum Gasteiger partial charge on any atom is 0.393 e. The zero-order chi connectivity index (χ0) is 11.4. The molecule has 0 spiro atoms. The van der Waals surface area contributed by atoms with Gasteiger partial charge in [0.2, 0.25) is 0 Å². The van der Waals surface area contributed by atoms with Crippen molar-refractivity contribution in [1.82, 2.24) is 0 Å². The second kappa shape index (κ2) is 5.85. The fraction of sp³-hybridized carbons (Fsp3) is 1.00. The summed E-state index contributed by atoms with van der Waals surface area (Å²) in [4.78, 5) is 0. The average molecular weight is 229 g/mol. The van der Waals surface area contributed by atoms with E-state index in [2.05, 4.69) is 0 Å². The molecule has 0 aliphatic rings. The third-order valence-corrected chi connectivity index (χ3v) is 3.91. The van der Waals surface area contributed by atoms with Gasteiger partial charge in [0.25, 0.3) is 0 Å². The summed E-state index contributed by atoms with van der Waals surface area (Å²) in [5.41, 5.74) is 5.09. The number of alkyl halides is 3. The minimum atomic E-state index is -4.15. The molecule has 86 valence electrons. The number of rotatable bonds is 5. The summed E-state index contributed by atoms with van der Waals surface area (Å²) < 4.78 is 36.8. The van der Waals surface area contributed by atoms with Crippen molar-refractivity contribution in [1.29, 1.82) is 0 Å². The Bertz CT molecular complexity index is 159. The van der Waals surface area contributed by atoms with Crippen molar-refractivity contribution in [2.75, 3.05) is 12.3 Å². The Kier molecular flexibility index (Phi) is 5.90. The van der Waals surface area contributed by atoms with Crippen molar-refractivity contribution < 1.29 is 13.2 Å². The molecule has 0 aromatic carbocycles. The van der Waals surface area contributed by atoms with E-state index in [9.17, 15) is 13.2 Å². The van der Waals surface area contributed by atoms with Gasteiger partial charge in [-0.15, -0.1) is 0 Å². The minimum absolute atomic E-state index is 0.0688. The van der Waals surface area contributed by atoms with Gasteiger partial charge in [-0.2, -0.15) is 24.9 Å². The highest BCUT2D eigenvalue weighted by Gasteiger charge is 2.38. The molecule has 0 aromatic rings. The lowest BCUT2D eigenvalue weighted by molar-refractivity contribution is -0.165. The molecule has 0 saturated heterocycles. The average Bonchev–Trinajstić information content (AvgIpc) is 2.02. The van der Waals surface area contributed by atoms with Crippen molar-refractivity contribution in [3.8, 4) is 0 Å². The Hall–Kier alpha value is 0.100. The van der Waals surface area contributed by atoms with Crippen molar-refractivity contribution in [2.45, 2.75) is 32.2 Å². The van der Waals surface area contributed by atoms with Gasteiger partial charge in [-0.3, -0.25) is 0 Å². The van der Waals surface area contributed by atoms with Gasteiger partial charge in [-0.1, -0.05) is 20.8 Å². The van der Waals surface area contributed by atoms with Gasteiger partial charge in [-0.25, -0.2) is 0 Å². The van der Waals surface area contributed by atoms with Crippen LogP contribution in [0.5, 0.6) is 0 Å². The monoisotopic (exact) mass is 229 g/mol. The van der Waals surface area contributed by atoms with Gasteiger partial charge in [0.05, 0.1) is 5.92 Å². The smallest absolute Gasteiger partial charge is 0.330 e. The summed E-state index contributed by atoms with van der Waals surface area (Å²) in [5, 5.41) is 0.242. The molecule has 0 amide bonds. The molecular formula is C9H18F3NS. The third-order valence-electron chi connectivity index (χ3n) is 2.25. The van der Waals surface area contributed by atoms with E-state index < -0.39 is 12.1 Å². The maximum atomic E-state index is 12.3. The highest BCUT2D eigenvalue weighted by atomic mass is 32.2. The first-order valence-corrected chi connectivity index (χ1v) is 5.72. The number of thioether (sulfide) groups is 1. The SMILES string of the molecule is CC(C)C(C)SCC(CN)C(F)(F)F. The summed E-state index contributed by atoms with van der Waals surface area (Å²) in [6, 6.07) is 0. The predicted molar refractivity (Wildman–Crippen MR) is 55.4 cm³/mol. The van der Waals surface area contributed by atoms with Crippen LogP contribution in [0.15, 0.2) is 0 Å². The Labute approximate surface area is 87.6 Å². The van der Waals surface area contributed by atoms with Gasteiger partial charge >= 0.3 is 6.18 Å². The van der Waals surface area contributed by atoms with Crippen LogP contribution in [0.3, 0.4) is 0 Å². The van der Waals surface area contributed by atoms with Crippen LogP contribution in [-0.2, 0) is 0 Å². The number of hydrogen-bond donors (Lipinski definition) is 1. The minimum Gasteiger partial charge on any atom is -0.330 e. The second-order valence-electron chi connectivity index (χ2n) is 3.76. The Morgan fingerprint density at radius 2 is 1.71 bits per heavy atom. The van der Waals surface area contributed by atoms with E-state index in [0.29, 0.717) is 5.92 Å². The quantitative estimate of drug-likeness (QED) is 0.784. The van der Waals surface area contributed by atoms with E-state index in [1.54, 1.807) is 0 Å². The lowest BCUT2D eigenvalue weighted by atomic mass is 10.1. The Morgan fingerprint density at radius 1 is 1.21 bits per heavy atom. The molecule has 5 heteroatoms. The summed E-state index contributed by atoms with van der Waals surface area (Å²) in [5.74, 6) is -0.903. The van der Waals surface area contributed by atoms with Crippen LogP contribution < -0.4 is 5.73 Å². The molecule has 0 aliphatic carbocycles. The Morgan fingerprint density at radius 3 is 2.00 bits per heavy atom. The van der Waals surface area contributed by atoms with Crippen molar-refractivity contribution >= 4 is 11.8 Å². The molecule has 1 nitrogen and oxygen atoms in total. The zero-order valence-corrected chi connectivity index (χ0v) is 9.58. The predicted octanol–water partition coefficient (Wildman–Crippen LogP) is 2.90. The second-order valence-corrected chi connectivity index (χ2v) is 5.17. The van der Waals surface area contributed by atoms with Crippen LogP contribution in [0.2, 0.25) is 0 Å². The fourth-order valence-corrected chi connectivity index (χ4v) is 2.00. The molecule has 0 rings (SSSR count). The van der Waals surface area contributed by atoms with E-state index >= 15 is 0 Å². The van der Waals surface area contributed by atoms with E-state index in [0.717, 1.165) is 0 Å². The topological polar surface area (TPSA) is 26.0 Å². The molecule has 14 heavy (non-hydrogen) atoms. The molecule has 0 fully saturated rings. The van der Waals surface area contributed by atoms with Crippen LogP contribution >= 0.6 is 11.8 Å². The van der Waals surface area contributed by atoms with Crippen LogP contribution in [0.25, 0.3) is 0 Å². The molecule has 0 aliphatic heterocycles. The summed E-state index contributed by atoms with van der Waals surface area (Å²) in [6.45, 7) is 5.63. The number of hydrogen-bond acceptors (Lipinski definition) is 2. The van der Waals surface area contributed by atoms with E-state index in [4.69, 9.17) is 5.73 Å². The molecule has 2 unspecified atom stereocenters. The zero-order valence-electron chi connectivity index (χ0n) is 8.77. The van der Waals surface area contributed by atoms with Crippen LogP contribution in [0, 0.1) is 11.8 Å². The lowest BCUT2D eigenvalue weighted by Gasteiger charge is -2.21. The molecule has 0 heterocycles. The summed E-state index contributed by atoms with van der Waals surface area (Å²) >= 11 is 1.34. The number of halogens is 3. The first kappa shape index (κ1) is 14.1. The van der Waals surface area contributed by atoms with E-state index in [1.807, 2.05) is 20.8 Å². The molecule has 0 bridgehead atoms. The molecule has 0 saturated carbocycles. The Balaban J connectivity index is 3.97. The normalized spacial score (nSPS) is 17.1. The van der Waals surface area contributed by atoms with Gasteiger partial charge in [0.1, 0.15) is 0 Å². The van der Waals surface area contributed by atoms with Crippen LogP contribution in [-0.4, -0.2) is 23.7 Å². The standard InChI is InChI=1S/C9H18F3NS/c1-6(2)7(3)14-5-8(4-13)9(10,11)12/h6-8H,4-5,13H2,1-3H3. The van der Waals surface area contributed by atoms with Gasteiger partial charge in [0, 0.05) is 17.5 Å². The third kappa shape index (κ3) is 5.10. The molecular weight excluding hydrogens is 211 g/mol. The molecule has 0 radical (unpaired) electrons. The highest BCUT2D eigenvalue weighted by Crippen LogP contribution is 2.30. The molecule has 2 atom stereocenters. The fourth-order valence-electron chi connectivity index (χ4n) is 0.757. The first-order valence-electron chi connectivity index (χ1n) is 4.67. The largest absolute Gasteiger partial charge is 0.393 e.